The van der Waals surface area contributed by atoms with Crippen molar-refractivity contribution in [2.24, 2.45) is 5.73 Å². The number of aryl methyl sites for hydroxylation is 2. The first-order valence-electron chi connectivity index (χ1n) is 8.98. The first kappa shape index (κ1) is 17.4. The summed E-state index contributed by atoms with van der Waals surface area (Å²) in [5.74, 6) is 2.06. The van der Waals surface area contributed by atoms with Gasteiger partial charge >= 0.3 is 0 Å². The molecule has 1 aliphatic rings. The summed E-state index contributed by atoms with van der Waals surface area (Å²) in [6.45, 7) is 6.43. The highest BCUT2D eigenvalue weighted by Gasteiger charge is 2.27. The second-order valence-corrected chi connectivity index (χ2v) is 6.82. The van der Waals surface area contributed by atoms with Crippen molar-refractivity contribution in [2.75, 3.05) is 6.54 Å². The van der Waals surface area contributed by atoms with Crippen LogP contribution in [0.5, 0.6) is 17.4 Å². The van der Waals surface area contributed by atoms with Crippen LogP contribution in [-0.2, 0) is 6.42 Å². The number of hydrogen-bond donors (Lipinski definition) is 1. The first-order valence-corrected chi connectivity index (χ1v) is 8.98. The van der Waals surface area contributed by atoms with Crippen molar-refractivity contribution < 1.29 is 9.47 Å². The van der Waals surface area contributed by atoms with Gasteiger partial charge < -0.3 is 15.2 Å². The molecule has 0 saturated carbocycles. The number of fused-ring (bicyclic) bond motifs is 1. The van der Waals surface area contributed by atoms with Crippen LogP contribution in [0.2, 0.25) is 0 Å². The zero-order valence-corrected chi connectivity index (χ0v) is 15.7. The summed E-state index contributed by atoms with van der Waals surface area (Å²) in [5, 5.41) is 0. The van der Waals surface area contributed by atoms with E-state index in [1.807, 2.05) is 26.0 Å². The molecular weight excluding hydrogens is 340 g/mol. The molecule has 0 fully saturated rings. The molecule has 0 unspecified atom stereocenters. The van der Waals surface area contributed by atoms with Crippen LogP contribution in [0.4, 0.5) is 0 Å². The number of ether oxygens (including phenoxy) is 2. The van der Waals surface area contributed by atoms with Crippen LogP contribution in [0.25, 0.3) is 11.3 Å². The fourth-order valence-electron chi connectivity index (χ4n) is 3.39. The Morgan fingerprint density at radius 3 is 2.81 bits per heavy atom. The zero-order chi connectivity index (χ0) is 19.0. The molecule has 6 heteroatoms. The van der Waals surface area contributed by atoms with Crippen molar-refractivity contribution >= 4 is 0 Å². The second kappa shape index (κ2) is 6.96. The zero-order valence-electron chi connectivity index (χ0n) is 15.7. The van der Waals surface area contributed by atoms with Crippen molar-refractivity contribution in [1.29, 1.82) is 0 Å². The first-order chi connectivity index (χ1) is 13.1. The van der Waals surface area contributed by atoms with Gasteiger partial charge in [0.15, 0.2) is 5.75 Å². The molecular formula is C21H22N4O2. The topological polar surface area (TPSA) is 83.2 Å². The quantitative estimate of drug-likeness (QED) is 0.764. The van der Waals surface area contributed by atoms with E-state index in [1.54, 1.807) is 6.20 Å². The molecule has 2 aromatic heterocycles. The number of nitrogens with two attached hydrogens (primary N) is 1. The van der Waals surface area contributed by atoms with Gasteiger partial charge in [-0.15, -0.1) is 0 Å². The Kier molecular flexibility index (Phi) is 4.49. The number of hydrogen-bond acceptors (Lipinski definition) is 6. The van der Waals surface area contributed by atoms with Gasteiger partial charge in [0.1, 0.15) is 18.2 Å². The van der Waals surface area contributed by atoms with E-state index in [0.29, 0.717) is 18.2 Å². The Hall–Kier alpha value is -2.99. The van der Waals surface area contributed by atoms with E-state index in [4.69, 9.17) is 15.2 Å². The third-order valence-electron chi connectivity index (χ3n) is 4.76. The maximum atomic E-state index is 6.09. The van der Waals surface area contributed by atoms with Crippen molar-refractivity contribution in [3.8, 4) is 28.6 Å². The highest BCUT2D eigenvalue weighted by atomic mass is 16.5. The van der Waals surface area contributed by atoms with Crippen molar-refractivity contribution in [1.82, 2.24) is 15.0 Å². The third kappa shape index (κ3) is 3.24. The summed E-state index contributed by atoms with van der Waals surface area (Å²) in [4.78, 5) is 13.1. The second-order valence-electron chi connectivity index (χ2n) is 6.82. The van der Waals surface area contributed by atoms with Crippen molar-refractivity contribution in [3.05, 3.63) is 59.2 Å². The van der Waals surface area contributed by atoms with E-state index in [0.717, 1.165) is 40.2 Å². The molecule has 4 rings (SSSR count). The number of nitrogens with zero attached hydrogens (tertiary/aromatic N) is 3. The maximum Gasteiger partial charge on any atom is 0.225 e. The van der Waals surface area contributed by atoms with Gasteiger partial charge in [-0.05, 0) is 50.1 Å². The Morgan fingerprint density at radius 1 is 1.19 bits per heavy atom. The summed E-state index contributed by atoms with van der Waals surface area (Å²) in [6.07, 6.45) is 4.09. The highest BCUT2D eigenvalue weighted by Crippen LogP contribution is 2.41. The molecule has 0 amide bonds. The van der Waals surface area contributed by atoms with Gasteiger partial charge in [-0.1, -0.05) is 6.07 Å². The summed E-state index contributed by atoms with van der Waals surface area (Å²) in [5.41, 5.74) is 11.6. The molecule has 0 bridgehead atoms. The van der Waals surface area contributed by atoms with E-state index >= 15 is 0 Å². The number of pyridine rings is 1. The molecule has 1 aliphatic heterocycles. The summed E-state index contributed by atoms with van der Waals surface area (Å²) in [6, 6.07) is 7.96. The molecule has 6 nitrogen and oxygen atoms in total. The van der Waals surface area contributed by atoms with Gasteiger partial charge in [-0.3, -0.25) is 4.98 Å². The molecule has 1 aromatic carbocycles. The molecule has 138 valence electrons. The lowest BCUT2D eigenvalue weighted by atomic mass is 9.99. The monoisotopic (exact) mass is 362 g/mol. The summed E-state index contributed by atoms with van der Waals surface area (Å²) in [7, 11) is 0. The van der Waals surface area contributed by atoms with Crippen LogP contribution in [0.3, 0.4) is 0 Å². The van der Waals surface area contributed by atoms with Crippen LogP contribution in [-0.4, -0.2) is 27.6 Å². The Labute approximate surface area is 158 Å². The van der Waals surface area contributed by atoms with Gasteiger partial charge in [-0.2, -0.15) is 0 Å². The standard InChI is InChI=1S/C21H22N4O2/c1-12-7-15-9-16(10-22)26-20(15)17(8-12)19-13(2)21(25-11-24-19)27-18-5-4-6-23-14(18)3/h4-8,11,16H,9-10,22H2,1-3H3/t16-/m1/s1. The van der Waals surface area contributed by atoms with Crippen molar-refractivity contribution in [2.45, 2.75) is 33.3 Å². The van der Waals surface area contributed by atoms with E-state index in [9.17, 15) is 0 Å². The van der Waals surface area contributed by atoms with Crippen LogP contribution >= 0.6 is 0 Å². The average molecular weight is 362 g/mol. The molecule has 0 aliphatic carbocycles. The Bertz CT molecular complexity index is 1000. The number of aromatic nitrogens is 3. The molecule has 3 heterocycles. The number of benzene rings is 1. The summed E-state index contributed by atoms with van der Waals surface area (Å²) >= 11 is 0. The van der Waals surface area contributed by atoms with Crippen LogP contribution in [0.1, 0.15) is 22.4 Å². The normalized spacial score (nSPS) is 15.3. The molecule has 27 heavy (non-hydrogen) atoms. The minimum absolute atomic E-state index is 0.0106. The predicted molar refractivity (Wildman–Crippen MR) is 103 cm³/mol. The van der Waals surface area contributed by atoms with Crippen LogP contribution in [0, 0.1) is 20.8 Å². The van der Waals surface area contributed by atoms with Crippen LogP contribution < -0.4 is 15.2 Å². The largest absolute Gasteiger partial charge is 0.488 e. The lowest BCUT2D eigenvalue weighted by Gasteiger charge is -2.15. The minimum Gasteiger partial charge on any atom is -0.488 e. The lowest BCUT2D eigenvalue weighted by molar-refractivity contribution is 0.242. The molecule has 3 aromatic rings. The van der Waals surface area contributed by atoms with Gasteiger partial charge in [0, 0.05) is 30.3 Å². The number of rotatable bonds is 4. The SMILES string of the molecule is Cc1cc2c(c(-c3ncnc(Oc4cccnc4C)c3C)c1)O[C@@H](CN)C2. The Balaban J connectivity index is 1.78. The summed E-state index contributed by atoms with van der Waals surface area (Å²) < 4.78 is 12.1. The third-order valence-corrected chi connectivity index (χ3v) is 4.76. The van der Waals surface area contributed by atoms with Gasteiger partial charge in [-0.25, -0.2) is 9.97 Å². The molecule has 0 spiro atoms. The molecule has 0 saturated heterocycles. The molecule has 2 N–H and O–H groups in total. The van der Waals surface area contributed by atoms with Gasteiger partial charge in [0.2, 0.25) is 5.88 Å². The van der Waals surface area contributed by atoms with E-state index in [1.165, 1.54) is 11.9 Å². The van der Waals surface area contributed by atoms with E-state index < -0.39 is 0 Å². The minimum atomic E-state index is 0.0106. The molecule has 1 atom stereocenters. The van der Waals surface area contributed by atoms with Crippen LogP contribution in [0.15, 0.2) is 36.8 Å². The fraction of sp³-hybridized carbons (Fsp3) is 0.286. The van der Waals surface area contributed by atoms with Gasteiger partial charge in [0.05, 0.1) is 11.4 Å². The average Bonchev–Trinajstić information content (AvgIpc) is 3.07. The smallest absolute Gasteiger partial charge is 0.225 e. The predicted octanol–water partition coefficient (Wildman–Crippen LogP) is 3.52. The van der Waals surface area contributed by atoms with Gasteiger partial charge in [0.25, 0.3) is 0 Å². The fourth-order valence-corrected chi connectivity index (χ4v) is 3.39. The lowest BCUT2D eigenvalue weighted by Crippen LogP contribution is -2.24. The van der Waals surface area contributed by atoms with E-state index in [2.05, 4.69) is 34.0 Å². The highest BCUT2D eigenvalue weighted by molar-refractivity contribution is 5.74. The van der Waals surface area contributed by atoms with E-state index in [-0.39, 0.29) is 6.10 Å². The maximum absolute atomic E-state index is 6.09. The molecule has 0 radical (unpaired) electrons. The Morgan fingerprint density at radius 2 is 2.04 bits per heavy atom. The van der Waals surface area contributed by atoms with Crippen molar-refractivity contribution in [3.63, 3.8) is 0 Å².